The molecule has 3 heteroatoms. The Morgan fingerprint density at radius 1 is 1.31 bits per heavy atom. The van der Waals surface area contributed by atoms with Crippen molar-refractivity contribution in [2.45, 2.75) is 18.6 Å². The largest absolute Gasteiger partial charge is 0.392 e. The molecule has 13 heavy (non-hydrogen) atoms. The van der Waals surface area contributed by atoms with Crippen LogP contribution in [0.1, 0.15) is 18.0 Å². The third-order valence-corrected chi connectivity index (χ3v) is 2.91. The quantitative estimate of drug-likeness (QED) is 0.787. The van der Waals surface area contributed by atoms with Crippen molar-refractivity contribution >= 4 is 15.9 Å². The van der Waals surface area contributed by atoms with E-state index >= 15 is 0 Å². The molecule has 0 amide bonds. The van der Waals surface area contributed by atoms with E-state index in [1.54, 1.807) is 0 Å². The van der Waals surface area contributed by atoms with Gasteiger partial charge in [-0.2, -0.15) is 0 Å². The zero-order valence-electron chi connectivity index (χ0n) is 7.20. The summed E-state index contributed by atoms with van der Waals surface area (Å²) < 4.78 is 1.09. The van der Waals surface area contributed by atoms with Crippen LogP contribution in [0.4, 0.5) is 0 Å². The molecule has 1 saturated heterocycles. The van der Waals surface area contributed by atoms with Crippen LogP contribution in [0.25, 0.3) is 0 Å². The fourth-order valence-electron chi connectivity index (χ4n) is 1.67. The van der Waals surface area contributed by atoms with Crippen molar-refractivity contribution < 1.29 is 5.11 Å². The van der Waals surface area contributed by atoms with Gasteiger partial charge in [-0.15, -0.1) is 0 Å². The number of halogens is 1. The van der Waals surface area contributed by atoms with Gasteiger partial charge in [-0.05, 0) is 24.1 Å². The number of nitrogens with one attached hydrogen (secondary N) is 1. The second-order valence-corrected chi connectivity index (χ2v) is 4.32. The molecule has 2 atom stereocenters. The first kappa shape index (κ1) is 9.19. The molecule has 2 N–H and O–H groups in total. The monoisotopic (exact) mass is 241 g/mol. The molecule has 0 aromatic heterocycles. The zero-order valence-corrected chi connectivity index (χ0v) is 8.79. The maximum absolute atomic E-state index is 9.34. The highest BCUT2D eigenvalue weighted by Gasteiger charge is 2.22. The van der Waals surface area contributed by atoms with Gasteiger partial charge in [0.15, 0.2) is 0 Å². The number of β-amino-alcohol motifs (C(OH)–C–C–N with tert-alkyl or cyclic N) is 1. The number of aliphatic hydroxyl groups is 1. The summed E-state index contributed by atoms with van der Waals surface area (Å²) in [6.45, 7) is 0.709. The van der Waals surface area contributed by atoms with Gasteiger partial charge in [-0.3, -0.25) is 0 Å². The van der Waals surface area contributed by atoms with Crippen molar-refractivity contribution in [2.24, 2.45) is 0 Å². The Hall–Kier alpha value is -0.380. The molecule has 0 aliphatic carbocycles. The second kappa shape index (κ2) is 3.78. The van der Waals surface area contributed by atoms with Crippen LogP contribution in [0.3, 0.4) is 0 Å². The van der Waals surface area contributed by atoms with E-state index in [1.165, 1.54) is 5.56 Å². The summed E-state index contributed by atoms with van der Waals surface area (Å²) in [7, 11) is 0. The third-order valence-electron chi connectivity index (χ3n) is 2.38. The predicted molar refractivity (Wildman–Crippen MR) is 55.5 cm³/mol. The minimum atomic E-state index is -0.186. The van der Waals surface area contributed by atoms with Crippen LogP contribution in [0.2, 0.25) is 0 Å². The summed E-state index contributed by atoms with van der Waals surface area (Å²) >= 11 is 3.40. The predicted octanol–water partition coefficient (Wildman–Crippen LogP) is 1.84. The topological polar surface area (TPSA) is 32.3 Å². The molecule has 1 aromatic carbocycles. The van der Waals surface area contributed by atoms with Crippen molar-refractivity contribution in [3.63, 3.8) is 0 Å². The Morgan fingerprint density at radius 2 is 2.00 bits per heavy atom. The van der Waals surface area contributed by atoms with Crippen molar-refractivity contribution in [1.82, 2.24) is 5.32 Å². The highest BCUT2D eigenvalue weighted by Crippen LogP contribution is 2.24. The van der Waals surface area contributed by atoms with Gasteiger partial charge in [-0.1, -0.05) is 28.1 Å². The average Bonchev–Trinajstić information content (AvgIpc) is 2.53. The summed E-state index contributed by atoms with van der Waals surface area (Å²) in [5, 5.41) is 12.6. The molecule has 2 rings (SSSR count). The van der Waals surface area contributed by atoms with Gasteiger partial charge in [0, 0.05) is 17.1 Å². The maximum Gasteiger partial charge on any atom is 0.0682 e. The third kappa shape index (κ3) is 2.10. The molecule has 1 aliphatic rings. The number of hydrogen-bond acceptors (Lipinski definition) is 2. The normalized spacial score (nSPS) is 27.8. The number of aliphatic hydroxyl groups excluding tert-OH is 1. The van der Waals surface area contributed by atoms with Crippen molar-refractivity contribution in [1.29, 1.82) is 0 Å². The molecular weight excluding hydrogens is 230 g/mol. The second-order valence-electron chi connectivity index (χ2n) is 3.40. The molecular formula is C10H12BrNO. The molecule has 1 fully saturated rings. The van der Waals surface area contributed by atoms with Crippen LogP contribution in [-0.4, -0.2) is 17.8 Å². The first-order valence-electron chi connectivity index (χ1n) is 4.42. The molecule has 70 valence electrons. The van der Waals surface area contributed by atoms with Crippen LogP contribution in [0, 0.1) is 0 Å². The Morgan fingerprint density at radius 3 is 2.54 bits per heavy atom. The number of hydrogen-bond donors (Lipinski definition) is 2. The van der Waals surface area contributed by atoms with Gasteiger partial charge < -0.3 is 10.4 Å². The van der Waals surface area contributed by atoms with E-state index in [2.05, 4.69) is 33.4 Å². The Labute approximate surface area is 86.1 Å². The van der Waals surface area contributed by atoms with E-state index in [0.717, 1.165) is 10.9 Å². The van der Waals surface area contributed by atoms with Gasteiger partial charge in [0.2, 0.25) is 0 Å². The van der Waals surface area contributed by atoms with E-state index < -0.39 is 0 Å². The van der Waals surface area contributed by atoms with E-state index in [9.17, 15) is 5.11 Å². The lowest BCUT2D eigenvalue weighted by Gasteiger charge is -2.09. The maximum atomic E-state index is 9.34. The standard InChI is InChI=1S/C10H12BrNO/c11-8-3-1-7(2-4-8)10-5-9(13)6-12-10/h1-4,9-10,12-13H,5-6H2. The van der Waals surface area contributed by atoms with E-state index in [-0.39, 0.29) is 6.10 Å². The molecule has 2 nitrogen and oxygen atoms in total. The van der Waals surface area contributed by atoms with Crippen LogP contribution in [0.15, 0.2) is 28.7 Å². The van der Waals surface area contributed by atoms with Gasteiger partial charge in [-0.25, -0.2) is 0 Å². The van der Waals surface area contributed by atoms with E-state index in [1.807, 2.05) is 12.1 Å². The summed E-state index contributed by atoms with van der Waals surface area (Å²) in [6.07, 6.45) is 0.635. The highest BCUT2D eigenvalue weighted by atomic mass is 79.9. The Balaban J connectivity index is 2.13. The van der Waals surface area contributed by atoms with E-state index in [4.69, 9.17) is 0 Å². The van der Waals surface area contributed by atoms with E-state index in [0.29, 0.717) is 12.6 Å². The summed E-state index contributed by atoms with van der Waals surface area (Å²) in [4.78, 5) is 0. The van der Waals surface area contributed by atoms with Gasteiger partial charge in [0.05, 0.1) is 6.10 Å². The fourth-order valence-corrected chi connectivity index (χ4v) is 1.93. The molecule has 1 aromatic rings. The van der Waals surface area contributed by atoms with Crippen molar-refractivity contribution in [3.05, 3.63) is 34.3 Å². The molecule has 2 unspecified atom stereocenters. The SMILES string of the molecule is OC1CNC(c2ccc(Br)cc2)C1. The molecule has 1 aliphatic heterocycles. The molecule has 1 heterocycles. The lowest BCUT2D eigenvalue weighted by atomic mass is 10.1. The van der Waals surface area contributed by atoms with Gasteiger partial charge in [0.1, 0.15) is 0 Å². The van der Waals surface area contributed by atoms with Crippen LogP contribution >= 0.6 is 15.9 Å². The van der Waals surface area contributed by atoms with Crippen molar-refractivity contribution in [2.75, 3.05) is 6.54 Å². The molecule has 0 bridgehead atoms. The number of benzene rings is 1. The summed E-state index contributed by atoms with van der Waals surface area (Å²) in [5.74, 6) is 0. The highest BCUT2D eigenvalue weighted by molar-refractivity contribution is 9.10. The molecule has 0 radical (unpaired) electrons. The first-order valence-corrected chi connectivity index (χ1v) is 5.22. The number of rotatable bonds is 1. The summed E-state index contributed by atoms with van der Waals surface area (Å²) in [6, 6.07) is 8.55. The lowest BCUT2D eigenvalue weighted by molar-refractivity contribution is 0.193. The molecule has 0 saturated carbocycles. The van der Waals surface area contributed by atoms with Crippen LogP contribution in [-0.2, 0) is 0 Å². The molecule has 0 spiro atoms. The average molecular weight is 242 g/mol. The van der Waals surface area contributed by atoms with Gasteiger partial charge in [0.25, 0.3) is 0 Å². The zero-order chi connectivity index (χ0) is 9.26. The smallest absolute Gasteiger partial charge is 0.0682 e. The minimum Gasteiger partial charge on any atom is -0.392 e. The minimum absolute atomic E-state index is 0.186. The fraction of sp³-hybridized carbons (Fsp3) is 0.400. The van der Waals surface area contributed by atoms with Crippen LogP contribution in [0.5, 0.6) is 0 Å². The van der Waals surface area contributed by atoms with Crippen molar-refractivity contribution in [3.8, 4) is 0 Å². The Bertz CT molecular complexity index is 285. The first-order chi connectivity index (χ1) is 6.25. The lowest BCUT2D eigenvalue weighted by Crippen LogP contribution is -2.14. The Kier molecular flexibility index (Phi) is 2.67. The van der Waals surface area contributed by atoms with Crippen LogP contribution < -0.4 is 5.32 Å². The van der Waals surface area contributed by atoms with Gasteiger partial charge >= 0.3 is 0 Å². The summed E-state index contributed by atoms with van der Waals surface area (Å²) in [5.41, 5.74) is 1.25.